The summed E-state index contributed by atoms with van der Waals surface area (Å²) < 4.78 is 0. The molecule has 4 N–H and O–H groups in total. The number of anilines is 1. The lowest BCUT2D eigenvalue weighted by molar-refractivity contribution is -0.506. The molecule has 20 heavy (non-hydrogen) atoms. The lowest BCUT2D eigenvalue weighted by Crippen LogP contribution is -2.77. The largest absolute Gasteiger partial charge is 0.349 e. The Kier molecular flexibility index (Phi) is 4.30. The first-order valence-electron chi connectivity index (χ1n) is 6.58. The van der Waals surface area contributed by atoms with E-state index < -0.39 is 0 Å². The second kappa shape index (κ2) is 6.14. The summed E-state index contributed by atoms with van der Waals surface area (Å²) in [5.41, 5.74) is 8.94. The third kappa shape index (κ3) is 3.78. The molecule has 0 fully saturated rings. The molecule has 104 valence electrons. The Labute approximate surface area is 119 Å². The molecule has 0 aliphatic rings. The zero-order valence-corrected chi connectivity index (χ0v) is 12.0. The lowest BCUT2D eigenvalue weighted by atomic mass is 10.1. The van der Waals surface area contributed by atoms with Gasteiger partial charge in [-0.2, -0.15) is 0 Å². The summed E-state index contributed by atoms with van der Waals surface area (Å²) in [5, 5.41) is 2.99. The predicted octanol–water partition coefficient (Wildman–Crippen LogP) is 0.662. The molecular weight excluding hydrogens is 250 g/mol. The highest BCUT2D eigenvalue weighted by atomic mass is 15.2. The minimum absolute atomic E-state index is 0.106. The number of nitrogens with one attached hydrogen (secondary N) is 2. The number of aromatic nitrogens is 2. The van der Waals surface area contributed by atoms with Crippen LogP contribution in [0, 0.1) is 13.8 Å². The average Bonchev–Trinajstić information content (AvgIpc) is 2.38. The van der Waals surface area contributed by atoms with E-state index in [0.29, 0.717) is 11.9 Å². The van der Waals surface area contributed by atoms with Crippen molar-refractivity contribution < 1.29 is 4.99 Å². The molecule has 1 aromatic carbocycles. The molecule has 0 saturated carbocycles. The van der Waals surface area contributed by atoms with E-state index in [1.54, 1.807) is 0 Å². The van der Waals surface area contributed by atoms with Crippen LogP contribution in [-0.4, -0.2) is 15.9 Å². The van der Waals surface area contributed by atoms with Crippen LogP contribution in [-0.2, 0) is 0 Å². The molecule has 5 heteroatoms. The van der Waals surface area contributed by atoms with Crippen molar-refractivity contribution in [3.8, 4) is 0 Å². The molecule has 1 atom stereocenters. The topological polar surface area (TPSA) is 77.8 Å². The van der Waals surface area contributed by atoms with Crippen LogP contribution in [0.2, 0.25) is 0 Å². The molecule has 0 radical (unpaired) electrons. The fourth-order valence-corrected chi connectivity index (χ4v) is 2.00. The van der Waals surface area contributed by atoms with Crippen LogP contribution in [0.1, 0.15) is 29.9 Å². The van der Waals surface area contributed by atoms with Crippen molar-refractivity contribution >= 4 is 11.9 Å². The summed E-state index contributed by atoms with van der Waals surface area (Å²) in [7, 11) is 0. The number of nitrogens with two attached hydrogens (primary N) is 1. The molecule has 1 heterocycles. The monoisotopic (exact) mass is 270 g/mol. The van der Waals surface area contributed by atoms with E-state index in [1.807, 2.05) is 45.0 Å². The summed E-state index contributed by atoms with van der Waals surface area (Å²) >= 11 is 0. The maximum atomic E-state index is 5.96. The van der Waals surface area contributed by atoms with Crippen molar-refractivity contribution in [2.75, 3.05) is 5.32 Å². The zero-order valence-electron chi connectivity index (χ0n) is 12.0. The predicted molar refractivity (Wildman–Crippen MR) is 80.1 cm³/mol. The van der Waals surface area contributed by atoms with Gasteiger partial charge < -0.3 is 0 Å². The van der Waals surface area contributed by atoms with Crippen molar-refractivity contribution in [2.45, 2.75) is 26.8 Å². The van der Waals surface area contributed by atoms with Gasteiger partial charge in [0.2, 0.25) is 0 Å². The van der Waals surface area contributed by atoms with E-state index in [0.717, 1.165) is 11.4 Å². The van der Waals surface area contributed by atoms with Gasteiger partial charge >= 0.3 is 5.96 Å². The van der Waals surface area contributed by atoms with E-state index in [-0.39, 0.29) is 6.04 Å². The van der Waals surface area contributed by atoms with Gasteiger partial charge in [-0.15, -0.1) is 0 Å². The Morgan fingerprint density at radius 1 is 1.15 bits per heavy atom. The van der Waals surface area contributed by atoms with Gasteiger partial charge in [-0.25, -0.2) is 15.3 Å². The van der Waals surface area contributed by atoms with Gasteiger partial charge in [0.25, 0.3) is 5.95 Å². The van der Waals surface area contributed by atoms with Gasteiger partial charge in [0.15, 0.2) is 0 Å². The number of nitrogens with zero attached hydrogens (tertiary/aromatic N) is 2. The minimum Gasteiger partial charge on any atom is -0.290 e. The number of aryl methyl sites for hydroxylation is 2. The quantitative estimate of drug-likeness (QED) is 0.565. The van der Waals surface area contributed by atoms with Gasteiger partial charge in [0, 0.05) is 11.4 Å². The molecule has 1 aromatic heterocycles. The van der Waals surface area contributed by atoms with Crippen LogP contribution in [0.3, 0.4) is 0 Å². The number of hydrogen-bond acceptors (Lipinski definition) is 2. The normalized spacial score (nSPS) is 13.1. The first-order chi connectivity index (χ1) is 9.54. The number of guanidine groups is 1. The molecule has 0 aliphatic heterocycles. The van der Waals surface area contributed by atoms with Crippen LogP contribution < -0.4 is 16.0 Å². The zero-order chi connectivity index (χ0) is 14.5. The summed E-state index contributed by atoms with van der Waals surface area (Å²) in [4.78, 5) is 11.8. The number of benzene rings is 1. The fraction of sp³-hybridized carbons (Fsp3) is 0.267. The lowest BCUT2D eigenvalue weighted by Gasteiger charge is -2.06. The fourth-order valence-electron chi connectivity index (χ4n) is 2.00. The van der Waals surface area contributed by atoms with Crippen LogP contribution in [0.4, 0.5) is 5.95 Å². The van der Waals surface area contributed by atoms with Crippen LogP contribution in [0.15, 0.2) is 36.4 Å². The van der Waals surface area contributed by atoms with E-state index in [1.165, 1.54) is 5.56 Å². The highest BCUT2D eigenvalue weighted by Gasteiger charge is 2.09. The SMILES string of the molecule is Cc1cc(C)nc(NC(N)=[NH+][C@H](C)c2ccccc2)n1. The van der Waals surface area contributed by atoms with Crippen molar-refractivity contribution in [1.82, 2.24) is 9.97 Å². The van der Waals surface area contributed by atoms with E-state index >= 15 is 0 Å². The van der Waals surface area contributed by atoms with Gasteiger partial charge in [-0.1, -0.05) is 30.3 Å². The second-order valence-corrected chi connectivity index (χ2v) is 4.79. The Morgan fingerprint density at radius 2 is 1.75 bits per heavy atom. The summed E-state index contributed by atoms with van der Waals surface area (Å²) in [6.07, 6.45) is 0. The molecular formula is C15H20N5+. The molecule has 0 saturated heterocycles. The molecule has 5 nitrogen and oxygen atoms in total. The van der Waals surface area contributed by atoms with Crippen LogP contribution in [0.5, 0.6) is 0 Å². The van der Waals surface area contributed by atoms with Crippen molar-refractivity contribution in [1.29, 1.82) is 0 Å². The maximum absolute atomic E-state index is 5.96. The third-order valence-corrected chi connectivity index (χ3v) is 2.90. The highest BCUT2D eigenvalue weighted by Crippen LogP contribution is 2.06. The van der Waals surface area contributed by atoms with Gasteiger partial charge in [0.05, 0.1) is 6.04 Å². The van der Waals surface area contributed by atoms with E-state index in [4.69, 9.17) is 5.73 Å². The average molecular weight is 270 g/mol. The maximum Gasteiger partial charge on any atom is 0.349 e. The summed E-state index contributed by atoms with van der Waals surface area (Å²) in [5.74, 6) is 0.944. The van der Waals surface area contributed by atoms with Crippen LogP contribution in [0.25, 0.3) is 0 Å². The highest BCUT2D eigenvalue weighted by molar-refractivity contribution is 5.85. The molecule has 2 rings (SSSR count). The van der Waals surface area contributed by atoms with E-state index in [2.05, 4.69) is 32.4 Å². The molecule has 0 aliphatic carbocycles. The van der Waals surface area contributed by atoms with Gasteiger partial charge in [-0.05, 0) is 32.4 Å². The summed E-state index contributed by atoms with van der Waals surface area (Å²) in [6.45, 7) is 5.90. The molecule has 0 unspecified atom stereocenters. The first kappa shape index (κ1) is 14.0. The Balaban J connectivity index is 2.11. The van der Waals surface area contributed by atoms with Crippen molar-refractivity contribution in [2.24, 2.45) is 5.73 Å². The Hall–Kier alpha value is -2.43. The third-order valence-electron chi connectivity index (χ3n) is 2.90. The standard InChI is InChI=1S/C15H19N5/c1-10-9-11(2)18-15(17-10)20-14(16)19-12(3)13-7-5-4-6-8-13/h4-9,12H,1-3H3,(H3,16,17,18,19,20)/p+1/t12-/m1/s1. The summed E-state index contributed by atoms with van der Waals surface area (Å²) in [6, 6.07) is 12.1. The van der Waals surface area contributed by atoms with Crippen molar-refractivity contribution in [3.05, 3.63) is 53.3 Å². The number of hydrogen-bond donors (Lipinski definition) is 3. The minimum atomic E-state index is 0.106. The molecule has 2 aromatic rings. The Bertz CT molecular complexity index is 587. The smallest absolute Gasteiger partial charge is 0.290 e. The number of rotatable bonds is 3. The second-order valence-electron chi connectivity index (χ2n) is 4.79. The van der Waals surface area contributed by atoms with Gasteiger partial charge in [0.1, 0.15) is 0 Å². The molecule has 0 bridgehead atoms. The van der Waals surface area contributed by atoms with E-state index in [9.17, 15) is 0 Å². The molecule has 0 spiro atoms. The van der Waals surface area contributed by atoms with Gasteiger partial charge in [-0.3, -0.25) is 10.7 Å². The van der Waals surface area contributed by atoms with Crippen LogP contribution >= 0.6 is 0 Å². The molecule has 0 amide bonds. The Morgan fingerprint density at radius 3 is 2.35 bits per heavy atom. The van der Waals surface area contributed by atoms with Crippen molar-refractivity contribution in [3.63, 3.8) is 0 Å². The first-order valence-corrected chi connectivity index (χ1v) is 6.58.